The Morgan fingerprint density at radius 3 is 2.10 bits per heavy atom. The van der Waals surface area contributed by atoms with Crippen LogP contribution >= 0.6 is 0 Å². The van der Waals surface area contributed by atoms with Crippen LogP contribution < -0.4 is 10.6 Å². The predicted molar refractivity (Wildman–Crippen MR) is 164 cm³/mol. The average molecular weight is 565 g/mol. The molecule has 6 rings (SSSR count). The average Bonchev–Trinajstić information content (AvgIpc) is 3.35. The summed E-state index contributed by atoms with van der Waals surface area (Å²) in [4.78, 5) is 30.8. The Balaban J connectivity index is 1.10. The monoisotopic (exact) mass is 564 g/mol. The highest BCUT2D eigenvalue weighted by Crippen LogP contribution is 2.45. The standard InChI is InChI=1S/C34H52N4O3/c1-34(2,3)41-33(40)37-17-9-16-31(37)32(39)36-30-15-7-6-14-29(30)35-25-21-26-12-8-13-27(22-25)38(26)28-19-23-10-4-5-11-24(18-23)20-28/h6-7,14-15,23-28,31,35H,4-5,8-13,16-22H2,1-3H3,(H,36,39)/t23-,24-,26-,27-,31-/m0/s1. The largest absolute Gasteiger partial charge is 0.444 e. The molecule has 4 bridgehead atoms. The molecule has 226 valence electrons. The van der Waals surface area contributed by atoms with Crippen LogP contribution in [-0.2, 0) is 9.53 Å². The Labute approximate surface area is 247 Å². The fraction of sp³-hybridized carbons (Fsp3) is 0.765. The first-order chi connectivity index (χ1) is 19.7. The van der Waals surface area contributed by atoms with Gasteiger partial charge in [0.15, 0.2) is 0 Å². The van der Waals surface area contributed by atoms with Gasteiger partial charge in [0.05, 0.1) is 11.4 Å². The molecule has 5 aliphatic rings. The van der Waals surface area contributed by atoms with Gasteiger partial charge in [0, 0.05) is 30.7 Å². The van der Waals surface area contributed by atoms with Crippen LogP contribution in [0, 0.1) is 11.8 Å². The van der Waals surface area contributed by atoms with E-state index in [9.17, 15) is 9.59 Å². The summed E-state index contributed by atoms with van der Waals surface area (Å²) in [7, 11) is 0. The summed E-state index contributed by atoms with van der Waals surface area (Å²) < 4.78 is 5.58. The number of likely N-dealkylation sites (tertiary alicyclic amines) is 1. The first-order valence-corrected chi connectivity index (χ1v) is 16.7. The zero-order valence-corrected chi connectivity index (χ0v) is 25.6. The molecule has 3 heterocycles. The minimum absolute atomic E-state index is 0.131. The Bertz CT molecular complexity index is 1060. The lowest BCUT2D eigenvalue weighted by Gasteiger charge is -2.54. The number of carbonyl (C=O) groups is 2. The van der Waals surface area contributed by atoms with E-state index in [-0.39, 0.29) is 5.91 Å². The third-order valence-electron chi connectivity index (χ3n) is 10.5. The number of carbonyl (C=O) groups excluding carboxylic acids is 2. The summed E-state index contributed by atoms with van der Waals surface area (Å²) in [5.41, 5.74) is 1.21. The highest BCUT2D eigenvalue weighted by atomic mass is 16.6. The van der Waals surface area contributed by atoms with Crippen molar-refractivity contribution in [3.8, 4) is 0 Å². The second-order valence-corrected chi connectivity index (χ2v) is 14.7. The maximum absolute atomic E-state index is 13.4. The molecule has 0 spiro atoms. The van der Waals surface area contributed by atoms with E-state index in [2.05, 4.69) is 21.6 Å². The normalized spacial score (nSPS) is 34.0. The fourth-order valence-corrected chi connectivity index (χ4v) is 8.97. The maximum Gasteiger partial charge on any atom is 0.410 e. The number of benzene rings is 1. The highest BCUT2D eigenvalue weighted by Gasteiger charge is 2.44. The number of amides is 2. The van der Waals surface area contributed by atoms with E-state index in [4.69, 9.17) is 4.74 Å². The molecule has 2 saturated carbocycles. The maximum atomic E-state index is 13.4. The van der Waals surface area contributed by atoms with Crippen molar-refractivity contribution in [2.75, 3.05) is 17.2 Å². The van der Waals surface area contributed by atoms with Gasteiger partial charge in [-0.1, -0.05) is 44.2 Å². The van der Waals surface area contributed by atoms with E-state index in [0.717, 1.165) is 35.7 Å². The molecule has 2 aliphatic carbocycles. The van der Waals surface area contributed by atoms with E-state index in [1.165, 1.54) is 77.0 Å². The number of fused-ring (bicyclic) bond motifs is 4. The third kappa shape index (κ3) is 6.71. The molecular formula is C34H52N4O3. The molecule has 7 heteroatoms. The Morgan fingerprint density at radius 1 is 0.780 bits per heavy atom. The smallest absolute Gasteiger partial charge is 0.410 e. The number of anilines is 2. The SMILES string of the molecule is CC(C)(C)OC(=O)N1CCC[C@H]1C(=O)Nc1ccccc1NC1C[C@@H]2CCC[C@@H](C1)N2C1C[C@H]2CCCC[C@H](C1)C2. The number of nitrogens with zero attached hydrogens (tertiary/aromatic N) is 2. The zero-order chi connectivity index (χ0) is 28.6. The second kappa shape index (κ2) is 12.1. The van der Waals surface area contributed by atoms with Crippen molar-refractivity contribution >= 4 is 23.4 Å². The van der Waals surface area contributed by atoms with Crippen molar-refractivity contribution in [3.63, 3.8) is 0 Å². The van der Waals surface area contributed by atoms with Gasteiger partial charge in [-0.2, -0.15) is 0 Å². The van der Waals surface area contributed by atoms with Crippen LogP contribution in [0.2, 0.25) is 0 Å². The van der Waals surface area contributed by atoms with Crippen molar-refractivity contribution in [1.82, 2.24) is 9.80 Å². The topological polar surface area (TPSA) is 73.9 Å². The molecule has 3 aliphatic heterocycles. The van der Waals surface area contributed by atoms with Gasteiger partial charge in [-0.15, -0.1) is 0 Å². The highest BCUT2D eigenvalue weighted by molar-refractivity contribution is 5.99. The van der Waals surface area contributed by atoms with Crippen LogP contribution in [0.25, 0.3) is 0 Å². The summed E-state index contributed by atoms with van der Waals surface area (Å²) in [6, 6.07) is 10.1. The predicted octanol–water partition coefficient (Wildman–Crippen LogP) is 7.18. The molecule has 5 fully saturated rings. The molecule has 2 amide bonds. The van der Waals surface area contributed by atoms with Gasteiger partial charge in [0.2, 0.25) is 5.91 Å². The summed E-state index contributed by atoms with van der Waals surface area (Å²) in [6.45, 7) is 6.13. The number of hydrogen-bond donors (Lipinski definition) is 2. The number of nitrogens with one attached hydrogen (secondary N) is 2. The molecule has 1 aromatic rings. The van der Waals surface area contributed by atoms with Crippen molar-refractivity contribution in [3.05, 3.63) is 24.3 Å². The molecule has 2 N–H and O–H groups in total. The van der Waals surface area contributed by atoms with E-state index in [0.29, 0.717) is 31.1 Å². The van der Waals surface area contributed by atoms with E-state index >= 15 is 0 Å². The van der Waals surface area contributed by atoms with Crippen molar-refractivity contribution in [2.24, 2.45) is 11.8 Å². The molecule has 1 aromatic carbocycles. The zero-order valence-electron chi connectivity index (χ0n) is 25.6. The van der Waals surface area contributed by atoms with Crippen molar-refractivity contribution in [2.45, 2.75) is 146 Å². The minimum Gasteiger partial charge on any atom is -0.444 e. The Kier molecular flexibility index (Phi) is 8.54. The van der Waals surface area contributed by atoms with Crippen molar-refractivity contribution < 1.29 is 14.3 Å². The number of ether oxygens (including phenoxy) is 1. The Morgan fingerprint density at radius 2 is 1.44 bits per heavy atom. The van der Waals surface area contributed by atoms with Gasteiger partial charge in [0.1, 0.15) is 11.6 Å². The molecule has 7 nitrogen and oxygen atoms in total. The molecular weight excluding hydrogens is 512 g/mol. The number of para-hydroxylation sites is 2. The summed E-state index contributed by atoms with van der Waals surface area (Å²) in [5, 5.41) is 7.03. The first-order valence-electron chi connectivity index (χ1n) is 16.7. The van der Waals surface area contributed by atoms with E-state index < -0.39 is 17.7 Å². The molecule has 0 unspecified atom stereocenters. The number of hydrogen-bond acceptors (Lipinski definition) is 5. The van der Waals surface area contributed by atoms with Gasteiger partial charge >= 0.3 is 6.09 Å². The van der Waals surface area contributed by atoms with Gasteiger partial charge < -0.3 is 15.4 Å². The molecule has 3 saturated heterocycles. The fourth-order valence-electron chi connectivity index (χ4n) is 8.97. The van der Waals surface area contributed by atoms with Crippen LogP contribution in [-0.4, -0.2) is 64.2 Å². The Hall–Kier alpha value is -2.28. The first kappa shape index (κ1) is 28.8. The van der Waals surface area contributed by atoms with E-state index in [1.807, 2.05) is 39.0 Å². The molecule has 41 heavy (non-hydrogen) atoms. The number of rotatable bonds is 5. The summed E-state index contributed by atoms with van der Waals surface area (Å²) >= 11 is 0. The lowest BCUT2D eigenvalue weighted by molar-refractivity contribution is -0.120. The van der Waals surface area contributed by atoms with E-state index in [1.54, 1.807) is 4.90 Å². The van der Waals surface area contributed by atoms with Gasteiger partial charge in [-0.3, -0.25) is 14.6 Å². The quantitative estimate of drug-likeness (QED) is 0.396. The third-order valence-corrected chi connectivity index (χ3v) is 10.5. The van der Waals surface area contributed by atoms with Crippen LogP contribution in [0.4, 0.5) is 16.2 Å². The van der Waals surface area contributed by atoms with Crippen LogP contribution in [0.3, 0.4) is 0 Å². The summed E-state index contributed by atoms with van der Waals surface area (Å²) in [5.74, 6) is 1.78. The van der Waals surface area contributed by atoms with Gasteiger partial charge in [-0.05, 0) is 103 Å². The minimum atomic E-state index is -0.583. The van der Waals surface area contributed by atoms with Crippen LogP contribution in [0.5, 0.6) is 0 Å². The van der Waals surface area contributed by atoms with Crippen molar-refractivity contribution in [1.29, 1.82) is 0 Å². The second-order valence-electron chi connectivity index (χ2n) is 14.7. The van der Waals surface area contributed by atoms with Crippen LogP contribution in [0.15, 0.2) is 24.3 Å². The lowest BCUT2D eigenvalue weighted by Crippen LogP contribution is -2.59. The summed E-state index contributed by atoms with van der Waals surface area (Å²) in [6.07, 6.45) is 17.6. The van der Waals surface area contributed by atoms with Crippen LogP contribution in [0.1, 0.15) is 111 Å². The molecule has 5 atom stereocenters. The van der Waals surface area contributed by atoms with Gasteiger partial charge in [0.25, 0.3) is 0 Å². The molecule has 0 radical (unpaired) electrons. The lowest BCUT2D eigenvalue weighted by atomic mass is 9.73. The number of piperidine rings is 2. The van der Waals surface area contributed by atoms with Gasteiger partial charge in [-0.25, -0.2) is 4.79 Å². The molecule has 0 aromatic heterocycles.